The molecule has 0 aliphatic heterocycles. The second kappa shape index (κ2) is 3.54. The lowest BCUT2D eigenvalue weighted by molar-refractivity contribution is 0.535. The Morgan fingerprint density at radius 1 is 1.64 bits per heavy atom. The van der Waals surface area contributed by atoms with Gasteiger partial charge < -0.3 is 5.32 Å². The van der Waals surface area contributed by atoms with Crippen LogP contribution in [0.1, 0.15) is 26.7 Å². The summed E-state index contributed by atoms with van der Waals surface area (Å²) in [6, 6.07) is 2.70. The Hall–Kier alpha value is -0.570. The number of hydrogen-bond donors (Lipinski definition) is 1. The summed E-state index contributed by atoms with van der Waals surface area (Å²) in [4.78, 5) is 4.13. The van der Waals surface area contributed by atoms with Gasteiger partial charge in [0, 0.05) is 16.7 Å². The number of aromatic nitrogens is 1. The van der Waals surface area contributed by atoms with Crippen molar-refractivity contribution in [3.8, 4) is 0 Å². The molecule has 1 aliphatic rings. The number of nitrogens with one attached hydrogen (secondary N) is 1. The Kier molecular flexibility index (Phi) is 2.52. The highest BCUT2D eigenvalue weighted by molar-refractivity contribution is 9.10. The van der Waals surface area contributed by atoms with E-state index in [0.29, 0.717) is 11.5 Å². The summed E-state index contributed by atoms with van der Waals surface area (Å²) in [5.74, 6) is 0. The smallest absolute Gasteiger partial charge is 0.0540 e. The van der Waals surface area contributed by atoms with Crippen LogP contribution in [0.3, 0.4) is 0 Å². The standard InChI is InChI=1S/C11H15BrN2/c1-3-11(2)5-10(11)14-9-4-8(12)6-13-7-9/h4,6-7,10,14H,3,5H2,1-2H3. The van der Waals surface area contributed by atoms with Gasteiger partial charge in [0.1, 0.15) is 0 Å². The molecule has 0 radical (unpaired) electrons. The predicted octanol–water partition coefficient (Wildman–Crippen LogP) is 3.44. The molecule has 1 heterocycles. The predicted molar refractivity (Wildman–Crippen MR) is 62.4 cm³/mol. The largest absolute Gasteiger partial charge is 0.380 e. The number of nitrogens with zero attached hydrogens (tertiary/aromatic N) is 1. The molecular formula is C11H15BrN2. The second-order valence-corrected chi connectivity index (χ2v) is 5.22. The first-order valence-electron chi connectivity index (χ1n) is 5.01. The van der Waals surface area contributed by atoms with Gasteiger partial charge in [-0.2, -0.15) is 0 Å². The Morgan fingerprint density at radius 2 is 2.43 bits per heavy atom. The summed E-state index contributed by atoms with van der Waals surface area (Å²) in [6.07, 6.45) is 6.19. The van der Waals surface area contributed by atoms with Crippen molar-refractivity contribution < 1.29 is 0 Å². The first-order chi connectivity index (χ1) is 6.64. The van der Waals surface area contributed by atoms with Gasteiger partial charge in [0.05, 0.1) is 11.9 Å². The molecule has 0 saturated heterocycles. The Balaban J connectivity index is 2.00. The number of hydrogen-bond acceptors (Lipinski definition) is 2. The molecule has 1 N–H and O–H groups in total. The van der Waals surface area contributed by atoms with Gasteiger partial charge in [-0.05, 0) is 40.3 Å². The van der Waals surface area contributed by atoms with E-state index in [1.54, 1.807) is 6.20 Å². The summed E-state index contributed by atoms with van der Waals surface area (Å²) < 4.78 is 1.03. The minimum atomic E-state index is 0.502. The second-order valence-electron chi connectivity index (χ2n) is 4.30. The van der Waals surface area contributed by atoms with Crippen molar-refractivity contribution >= 4 is 21.6 Å². The van der Waals surface area contributed by atoms with Gasteiger partial charge in [-0.3, -0.25) is 4.98 Å². The van der Waals surface area contributed by atoms with E-state index in [1.807, 2.05) is 6.20 Å². The Bertz CT molecular complexity index is 340. The number of halogens is 1. The molecule has 1 aromatic rings. The third-order valence-electron chi connectivity index (χ3n) is 3.21. The molecule has 2 nitrogen and oxygen atoms in total. The van der Waals surface area contributed by atoms with Gasteiger partial charge >= 0.3 is 0 Å². The minimum Gasteiger partial charge on any atom is -0.380 e. The van der Waals surface area contributed by atoms with Crippen LogP contribution in [-0.2, 0) is 0 Å². The average Bonchev–Trinajstić information content (AvgIpc) is 2.78. The summed E-state index contributed by atoms with van der Waals surface area (Å²) in [5.41, 5.74) is 1.61. The highest BCUT2D eigenvalue weighted by Crippen LogP contribution is 2.49. The minimum absolute atomic E-state index is 0.502. The van der Waals surface area contributed by atoms with Crippen molar-refractivity contribution in [3.05, 3.63) is 22.9 Å². The molecule has 1 aromatic heterocycles. The fourth-order valence-corrected chi connectivity index (χ4v) is 2.08. The maximum atomic E-state index is 4.13. The molecule has 1 saturated carbocycles. The van der Waals surface area contributed by atoms with Crippen molar-refractivity contribution in [1.82, 2.24) is 4.98 Å². The van der Waals surface area contributed by atoms with E-state index < -0.39 is 0 Å². The first kappa shape index (κ1) is 9.97. The maximum absolute atomic E-state index is 4.13. The van der Waals surface area contributed by atoms with Crippen LogP contribution in [0.4, 0.5) is 5.69 Å². The molecule has 0 aromatic carbocycles. The SMILES string of the molecule is CCC1(C)CC1Nc1cncc(Br)c1. The van der Waals surface area contributed by atoms with Crippen molar-refractivity contribution in [2.75, 3.05) is 5.32 Å². The zero-order valence-corrected chi connectivity index (χ0v) is 10.1. The van der Waals surface area contributed by atoms with Gasteiger partial charge in [-0.1, -0.05) is 13.8 Å². The van der Waals surface area contributed by atoms with Crippen LogP contribution in [0.25, 0.3) is 0 Å². The number of rotatable bonds is 3. The number of pyridine rings is 1. The van der Waals surface area contributed by atoms with E-state index in [-0.39, 0.29) is 0 Å². The lowest BCUT2D eigenvalue weighted by atomic mass is 10.1. The van der Waals surface area contributed by atoms with Gasteiger partial charge in [-0.15, -0.1) is 0 Å². The first-order valence-corrected chi connectivity index (χ1v) is 5.80. The molecule has 14 heavy (non-hydrogen) atoms. The topological polar surface area (TPSA) is 24.9 Å². The lowest BCUT2D eigenvalue weighted by Gasteiger charge is -2.10. The maximum Gasteiger partial charge on any atom is 0.0540 e. The molecule has 2 rings (SSSR count). The zero-order chi connectivity index (χ0) is 10.2. The highest BCUT2D eigenvalue weighted by Gasteiger charge is 2.48. The van der Waals surface area contributed by atoms with Crippen molar-refractivity contribution in [1.29, 1.82) is 0 Å². The van der Waals surface area contributed by atoms with Crippen LogP contribution < -0.4 is 5.32 Å². The van der Waals surface area contributed by atoms with Gasteiger partial charge in [-0.25, -0.2) is 0 Å². The highest BCUT2D eigenvalue weighted by atomic mass is 79.9. The number of anilines is 1. The molecule has 76 valence electrons. The summed E-state index contributed by atoms with van der Waals surface area (Å²) in [6.45, 7) is 4.58. The molecular weight excluding hydrogens is 240 g/mol. The van der Waals surface area contributed by atoms with Crippen molar-refractivity contribution in [2.45, 2.75) is 32.7 Å². The zero-order valence-electron chi connectivity index (χ0n) is 8.55. The van der Waals surface area contributed by atoms with Crippen LogP contribution in [0.5, 0.6) is 0 Å². The van der Waals surface area contributed by atoms with Crippen LogP contribution >= 0.6 is 15.9 Å². The summed E-state index contributed by atoms with van der Waals surface area (Å²) in [7, 11) is 0. The van der Waals surface area contributed by atoms with Crippen molar-refractivity contribution in [3.63, 3.8) is 0 Å². The fraction of sp³-hybridized carbons (Fsp3) is 0.545. The van der Waals surface area contributed by atoms with E-state index in [0.717, 1.165) is 10.2 Å². The molecule has 0 spiro atoms. The van der Waals surface area contributed by atoms with Crippen molar-refractivity contribution in [2.24, 2.45) is 5.41 Å². The van der Waals surface area contributed by atoms with Gasteiger partial charge in [0.2, 0.25) is 0 Å². The van der Waals surface area contributed by atoms with E-state index >= 15 is 0 Å². The van der Waals surface area contributed by atoms with Crippen LogP contribution in [-0.4, -0.2) is 11.0 Å². The third-order valence-corrected chi connectivity index (χ3v) is 3.64. The molecule has 0 amide bonds. The van der Waals surface area contributed by atoms with Gasteiger partial charge in [0.25, 0.3) is 0 Å². The molecule has 2 atom stereocenters. The van der Waals surface area contributed by atoms with E-state index in [4.69, 9.17) is 0 Å². The Labute approximate surface area is 93.3 Å². The van der Waals surface area contributed by atoms with Crippen LogP contribution in [0, 0.1) is 5.41 Å². The third kappa shape index (κ3) is 1.92. The van der Waals surface area contributed by atoms with E-state index in [2.05, 4.69) is 46.1 Å². The summed E-state index contributed by atoms with van der Waals surface area (Å²) in [5, 5.41) is 3.51. The van der Waals surface area contributed by atoms with Crippen LogP contribution in [0.15, 0.2) is 22.9 Å². The quantitative estimate of drug-likeness (QED) is 0.894. The molecule has 1 fully saturated rings. The fourth-order valence-electron chi connectivity index (χ4n) is 1.72. The molecule has 3 heteroatoms. The molecule has 2 unspecified atom stereocenters. The average molecular weight is 255 g/mol. The molecule has 1 aliphatic carbocycles. The lowest BCUT2D eigenvalue weighted by Crippen LogP contribution is -2.10. The van der Waals surface area contributed by atoms with E-state index in [9.17, 15) is 0 Å². The van der Waals surface area contributed by atoms with E-state index in [1.165, 1.54) is 12.8 Å². The normalized spacial score (nSPS) is 30.1. The van der Waals surface area contributed by atoms with Gasteiger partial charge in [0.15, 0.2) is 0 Å². The van der Waals surface area contributed by atoms with Crippen LogP contribution in [0.2, 0.25) is 0 Å². The molecule has 0 bridgehead atoms. The summed E-state index contributed by atoms with van der Waals surface area (Å²) >= 11 is 3.42. The monoisotopic (exact) mass is 254 g/mol. The Morgan fingerprint density at radius 3 is 3.00 bits per heavy atom.